The summed E-state index contributed by atoms with van der Waals surface area (Å²) in [6.07, 6.45) is 3.58. The summed E-state index contributed by atoms with van der Waals surface area (Å²) in [6, 6.07) is 5.45. The summed E-state index contributed by atoms with van der Waals surface area (Å²) < 4.78 is 0. The number of nitrogens with zero attached hydrogens (tertiary/aromatic N) is 1. The number of amides is 2. The number of benzene rings is 1. The fourth-order valence-corrected chi connectivity index (χ4v) is 4.17. The lowest BCUT2D eigenvalue weighted by Crippen LogP contribution is -2.38. The minimum Gasteiger partial charge on any atom is -0.348 e. The van der Waals surface area contributed by atoms with Crippen molar-refractivity contribution in [3.63, 3.8) is 0 Å². The fourth-order valence-electron chi connectivity index (χ4n) is 2.89. The fraction of sp³-hybridized carbons (Fsp3) is 0.500. The highest BCUT2D eigenvalue weighted by molar-refractivity contribution is 7.99. The van der Waals surface area contributed by atoms with Gasteiger partial charge in [0.05, 0.1) is 10.6 Å². The van der Waals surface area contributed by atoms with Crippen LogP contribution in [0.5, 0.6) is 0 Å². The van der Waals surface area contributed by atoms with Crippen LogP contribution in [-0.4, -0.2) is 35.9 Å². The molecule has 0 aliphatic carbocycles. The molecule has 0 unspecified atom stereocenters. The zero-order valence-electron chi connectivity index (χ0n) is 12.3. The molecule has 0 saturated carbocycles. The maximum atomic E-state index is 12.5. The van der Waals surface area contributed by atoms with Crippen LogP contribution < -0.4 is 10.2 Å². The number of halogens is 1. The maximum absolute atomic E-state index is 12.5. The molecule has 0 spiro atoms. The van der Waals surface area contributed by atoms with Gasteiger partial charge in [0, 0.05) is 30.4 Å². The Labute approximate surface area is 139 Å². The Kier molecular flexibility index (Phi) is 4.93. The van der Waals surface area contributed by atoms with Gasteiger partial charge in [0.2, 0.25) is 5.91 Å². The summed E-state index contributed by atoms with van der Waals surface area (Å²) in [6.45, 7) is 0.709. The molecule has 1 aromatic rings. The Morgan fingerprint density at radius 3 is 2.91 bits per heavy atom. The first-order valence-electron chi connectivity index (χ1n) is 7.63. The van der Waals surface area contributed by atoms with Crippen LogP contribution in [0, 0.1) is 0 Å². The molecule has 0 aromatic heterocycles. The number of rotatable bonds is 3. The summed E-state index contributed by atoms with van der Waals surface area (Å²) in [5.41, 5.74) is 1.21. The molecule has 4 nitrogen and oxygen atoms in total. The lowest BCUT2D eigenvalue weighted by Gasteiger charge is -2.23. The molecular weight excluding hydrogens is 320 g/mol. The zero-order valence-corrected chi connectivity index (χ0v) is 13.9. The number of carbonyl (C=O) groups excluding carboxylic acids is 2. The standard InChI is InChI=1S/C16H19ClN2O2S/c17-14-6-5-12(19-7-1-4-15(19)20)9-13(14)16(21)18-11-3-2-8-22-10-11/h5-6,9,11H,1-4,7-8,10H2,(H,18,21)/t11-/m0/s1. The van der Waals surface area contributed by atoms with Crippen molar-refractivity contribution in [3.8, 4) is 0 Å². The van der Waals surface area contributed by atoms with Crippen LogP contribution in [0.1, 0.15) is 36.0 Å². The largest absolute Gasteiger partial charge is 0.348 e. The summed E-state index contributed by atoms with van der Waals surface area (Å²) in [4.78, 5) is 26.0. The van der Waals surface area contributed by atoms with Crippen LogP contribution in [0.4, 0.5) is 5.69 Å². The van der Waals surface area contributed by atoms with Gasteiger partial charge in [-0.05, 0) is 43.2 Å². The quantitative estimate of drug-likeness (QED) is 0.921. The van der Waals surface area contributed by atoms with Crippen LogP contribution in [0.3, 0.4) is 0 Å². The molecular formula is C16H19ClN2O2S. The van der Waals surface area contributed by atoms with Gasteiger partial charge in [-0.25, -0.2) is 0 Å². The van der Waals surface area contributed by atoms with E-state index in [0.29, 0.717) is 23.6 Å². The van der Waals surface area contributed by atoms with Crippen molar-refractivity contribution in [1.82, 2.24) is 5.32 Å². The van der Waals surface area contributed by atoms with Gasteiger partial charge in [-0.2, -0.15) is 11.8 Å². The van der Waals surface area contributed by atoms with Gasteiger partial charge < -0.3 is 10.2 Å². The SMILES string of the molecule is O=C(N[C@H]1CCCSC1)c1cc(N2CCCC2=O)ccc1Cl. The normalized spacial score (nSPS) is 22.0. The molecule has 2 saturated heterocycles. The molecule has 0 radical (unpaired) electrons. The molecule has 2 fully saturated rings. The third kappa shape index (κ3) is 3.41. The third-order valence-corrected chi connectivity index (χ3v) is 5.62. The Balaban J connectivity index is 1.76. The molecule has 1 aromatic carbocycles. The van der Waals surface area contributed by atoms with Crippen molar-refractivity contribution < 1.29 is 9.59 Å². The lowest BCUT2D eigenvalue weighted by molar-refractivity contribution is -0.117. The van der Waals surface area contributed by atoms with E-state index in [0.717, 1.165) is 30.7 Å². The van der Waals surface area contributed by atoms with Gasteiger partial charge in [0.15, 0.2) is 0 Å². The molecule has 0 bridgehead atoms. The van der Waals surface area contributed by atoms with Crippen molar-refractivity contribution in [3.05, 3.63) is 28.8 Å². The minimum absolute atomic E-state index is 0.109. The van der Waals surface area contributed by atoms with E-state index in [-0.39, 0.29) is 17.9 Å². The number of anilines is 1. The number of hydrogen-bond acceptors (Lipinski definition) is 3. The van der Waals surface area contributed by atoms with E-state index < -0.39 is 0 Å². The van der Waals surface area contributed by atoms with E-state index in [1.807, 2.05) is 11.8 Å². The molecule has 2 amide bonds. The Bertz CT molecular complexity index is 588. The number of nitrogens with one attached hydrogen (secondary N) is 1. The van der Waals surface area contributed by atoms with E-state index in [1.165, 1.54) is 5.75 Å². The molecule has 1 N–H and O–H groups in total. The van der Waals surface area contributed by atoms with Crippen molar-refractivity contribution in [1.29, 1.82) is 0 Å². The van der Waals surface area contributed by atoms with E-state index in [1.54, 1.807) is 23.1 Å². The number of carbonyl (C=O) groups is 2. The van der Waals surface area contributed by atoms with E-state index in [2.05, 4.69) is 5.32 Å². The van der Waals surface area contributed by atoms with E-state index in [9.17, 15) is 9.59 Å². The van der Waals surface area contributed by atoms with Crippen LogP contribution in [0.2, 0.25) is 5.02 Å². The predicted octanol–water partition coefficient (Wildman–Crippen LogP) is 3.09. The lowest BCUT2D eigenvalue weighted by atomic mass is 10.1. The first-order valence-corrected chi connectivity index (χ1v) is 9.17. The summed E-state index contributed by atoms with van der Waals surface area (Å²) in [7, 11) is 0. The summed E-state index contributed by atoms with van der Waals surface area (Å²) >= 11 is 8.05. The van der Waals surface area contributed by atoms with E-state index >= 15 is 0 Å². The zero-order chi connectivity index (χ0) is 15.5. The molecule has 22 heavy (non-hydrogen) atoms. The number of hydrogen-bond donors (Lipinski definition) is 1. The molecule has 6 heteroatoms. The number of thioether (sulfide) groups is 1. The van der Waals surface area contributed by atoms with E-state index in [4.69, 9.17) is 11.6 Å². The first-order chi connectivity index (χ1) is 10.6. The van der Waals surface area contributed by atoms with Gasteiger partial charge in [-0.3, -0.25) is 9.59 Å². The smallest absolute Gasteiger partial charge is 0.253 e. The highest BCUT2D eigenvalue weighted by Gasteiger charge is 2.24. The second-order valence-corrected chi connectivity index (χ2v) is 7.26. The van der Waals surface area contributed by atoms with Crippen LogP contribution >= 0.6 is 23.4 Å². The molecule has 2 aliphatic rings. The van der Waals surface area contributed by atoms with Gasteiger partial charge >= 0.3 is 0 Å². The maximum Gasteiger partial charge on any atom is 0.253 e. The Morgan fingerprint density at radius 1 is 1.36 bits per heavy atom. The predicted molar refractivity (Wildman–Crippen MR) is 90.9 cm³/mol. The van der Waals surface area contributed by atoms with Crippen LogP contribution in [-0.2, 0) is 4.79 Å². The second-order valence-electron chi connectivity index (χ2n) is 5.70. The average Bonchev–Trinajstić information content (AvgIpc) is 2.95. The highest BCUT2D eigenvalue weighted by Crippen LogP contribution is 2.27. The van der Waals surface area contributed by atoms with Gasteiger partial charge in [-0.1, -0.05) is 11.6 Å². The van der Waals surface area contributed by atoms with Gasteiger partial charge in [0.25, 0.3) is 5.91 Å². The van der Waals surface area contributed by atoms with Gasteiger partial charge in [0.1, 0.15) is 0 Å². The summed E-state index contributed by atoms with van der Waals surface area (Å²) in [5.74, 6) is 2.08. The summed E-state index contributed by atoms with van der Waals surface area (Å²) in [5, 5.41) is 3.48. The molecule has 2 aliphatic heterocycles. The van der Waals surface area contributed by atoms with Crippen molar-refractivity contribution in [2.45, 2.75) is 31.7 Å². The molecule has 2 heterocycles. The molecule has 1 atom stereocenters. The minimum atomic E-state index is -0.147. The topological polar surface area (TPSA) is 49.4 Å². The third-order valence-electron chi connectivity index (χ3n) is 4.08. The Morgan fingerprint density at radius 2 is 2.23 bits per heavy atom. The average molecular weight is 339 g/mol. The highest BCUT2D eigenvalue weighted by atomic mass is 35.5. The monoisotopic (exact) mass is 338 g/mol. The van der Waals surface area contributed by atoms with Crippen LogP contribution in [0.15, 0.2) is 18.2 Å². The second kappa shape index (κ2) is 6.92. The van der Waals surface area contributed by atoms with Crippen molar-refractivity contribution in [2.24, 2.45) is 0 Å². The Hall–Kier alpha value is -1.20. The van der Waals surface area contributed by atoms with Crippen molar-refractivity contribution in [2.75, 3.05) is 23.0 Å². The van der Waals surface area contributed by atoms with Gasteiger partial charge in [-0.15, -0.1) is 0 Å². The van der Waals surface area contributed by atoms with Crippen LogP contribution in [0.25, 0.3) is 0 Å². The molecule has 118 valence electrons. The van der Waals surface area contributed by atoms with Crippen molar-refractivity contribution >= 4 is 40.9 Å². The molecule has 3 rings (SSSR count). The first kappa shape index (κ1) is 15.7.